The highest BCUT2D eigenvalue weighted by molar-refractivity contribution is 6.35. The molecule has 0 aliphatic carbocycles. The van der Waals surface area contributed by atoms with Gasteiger partial charge in [-0.2, -0.15) is 5.10 Å². The van der Waals surface area contributed by atoms with E-state index in [9.17, 15) is 14.4 Å². The quantitative estimate of drug-likeness (QED) is 0.204. The van der Waals surface area contributed by atoms with Crippen molar-refractivity contribution in [3.63, 3.8) is 0 Å². The molecule has 0 unspecified atom stereocenters. The summed E-state index contributed by atoms with van der Waals surface area (Å²) in [5.41, 5.74) is 6.68. The molecule has 9 heteroatoms. The SMILES string of the molecule is CCOc1cc(/C=N\NC(=O)C(=O)NCc2ccc(C)cc2)ccc1OCC(=O)Nc1ccc(CC)cc1. The van der Waals surface area contributed by atoms with Gasteiger partial charge in [0.2, 0.25) is 0 Å². The predicted octanol–water partition coefficient (Wildman–Crippen LogP) is 3.74. The molecule has 3 rings (SSSR count). The van der Waals surface area contributed by atoms with Crippen molar-refractivity contribution >= 4 is 29.6 Å². The Labute approximate surface area is 222 Å². The Kier molecular flexibility index (Phi) is 10.4. The first-order valence-corrected chi connectivity index (χ1v) is 12.3. The maximum atomic E-state index is 12.3. The number of carbonyl (C=O) groups excluding carboxylic acids is 3. The number of hydrogen-bond acceptors (Lipinski definition) is 6. The second kappa shape index (κ2) is 14.2. The van der Waals surface area contributed by atoms with Crippen molar-refractivity contribution in [3.05, 3.63) is 89.0 Å². The van der Waals surface area contributed by atoms with Gasteiger partial charge in [0.25, 0.3) is 5.91 Å². The van der Waals surface area contributed by atoms with Gasteiger partial charge in [-0.25, -0.2) is 5.43 Å². The number of carbonyl (C=O) groups is 3. The molecule has 0 saturated carbocycles. The Balaban J connectivity index is 1.51. The van der Waals surface area contributed by atoms with Crippen molar-refractivity contribution in [2.45, 2.75) is 33.7 Å². The van der Waals surface area contributed by atoms with Gasteiger partial charge in [-0.15, -0.1) is 0 Å². The average Bonchev–Trinajstić information content (AvgIpc) is 2.92. The molecule has 3 aromatic rings. The lowest BCUT2D eigenvalue weighted by atomic mass is 10.1. The van der Waals surface area contributed by atoms with Crippen LogP contribution in [0.2, 0.25) is 0 Å². The number of amides is 3. The molecule has 0 radical (unpaired) electrons. The third-order valence-electron chi connectivity index (χ3n) is 5.43. The summed E-state index contributed by atoms with van der Waals surface area (Å²) in [6.07, 6.45) is 2.30. The molecule has 0 atom stereocenters. The average molecular weight is 517 g/mol. The van der Waals surface area contributed by atoms with Crippen LogP contribution >= 0.6 is 0 Å². The number of nitrogens with zero attached hydrogens (tertiary/aromatic N) is 1. The first-order chi connectivity index (χ1) is 18.4. The lowest BCUT2D eigenvalue weighted by Gasteiger charge is -2.13. The molecule has 198 valence electrons. The summed E-state index contributed by atoms with van der Waals surface area (Å²) < 4.78 is 11.3. The number of aryl methyl sites for hydroxylation is 2. The van der Waals surface area contributed by atoms with E-state index in [-0.39, 0.29) is 19.1 Å². The number of ether oxygens (including phenoxy) is 2. The number of rotatable bonds is 11. The van der Waals surface area contributed by atoms with Crippen LogP contribution in [0, 0.1) is 6.92 Å². The summed E-state index contributed by atoms with van der Waals surface area (Å²) in [5, 5.41) is 9.19. The fourth-order valence-electron chi connectivity index (χ4n) is 3.34. The Hall–Kier alpha value is -4.66. The number of anilines is 1. The number of nitrogens with one attached hydrogen (secondary N) is 3. The number of hydrazone groups is 1. The van der Waals surface area contributed by atoms with Crippen LogP contribution in [0.3, 0.4) is 0 Å². The molecule has 0 saturated heterocycles. The molecule has 0 aliphatic rings. The van der Waals surface area contributed by atoms with E-state index in [2.05, 4.69) is 28.1 Å². The molecule has 38 heavy (non-hydrogen) atoms. The van der Waals surface area contributed by atoms with Crippen LogP contribution < -0.4 is 25.5 Å². The summed E-state index contributed by atoms with van der Waals surface area (Å²) in [4.78, 5) is 36.3. The lowest BCUT2D eigenvalue weighted by Crippen LogP contribution is -2.37. The maximum Gasteiger partial charge on any atom is 0.329 e. The highest BCUT2D eigenvalue weighted by Crippen LogP contribution is 2.28. The van der Waals surface area contributed by atoms with Gasteiger partial charge in [-0.1, -0.05) is 48.9 Å². The third kappa shape index (κ3) is 8.77. The fraction of sp³-hybridized carbons (Fsp3) is 0.241. The van der Waals surface area contributed by atoms with Crippen molar-refractivity contribution in [2.75, 3.05) is 18.5 Å². The van der Waals surface area contributed by atoms with E-state index < -0.39 is 11.8 Å². The van der Waals surface area contributed by atoms with Gasteiger partial charge in [-0.05, 0) is 67.3 Å². The van der Waals surface area contributed by atoms with Crippen molar-refractivity contribution in [3.8, 4) is 11.5 Å². The Bertz CT molecular complexity index is 1270. The summed E-state index contributed by atoms with van der Waals surface area (Å²) in [5.74, 6) is -1.17. The summed E-state index contributed by atoms with van der Waals surface area (Å²) in [6, 6.07) is 20.2. The second-order valence-electron chi connectivity index (χ2n) is 8.39. The number of benzene rings is 3. The zero-order valence-electron chi connectivity index (χ0n) is 21.7. The first-order valence-electron chi connectivity index (χ1n) is 12.3. The largest absolute Gasteiger partial charge is 0.490 e. The number of hydrogen-bond donors (Lipinski definition) is 3. The van der Waals surface area contributed by atoms with E-state index in [1.807, 2.05) is 62.4 Å². The van der Waals surface area contributed by atoms with Crippen molar-refractivity contribution in [2.24, 2.45) is 5.10 Å². The molecule has 0 aromatic heterocycles. The standard InChI is InChI=1S/C29H32N4O5/c1-4-21-10-13-24(14-11-21)32-27(34)19-38-25-15-12-23(16-26(25)37-5-2)18-31-33-29(36)28(35)30-17-22-8-6-20(3)7-9-22/h6-16,18H,4-5,17,19H2,1-3H3,(H,30,35)(H,32,34)(H,33,36)/b31-18-. The summed E-state index contributed by atoms with van der Waals surface area (Å²) in [7, 11) is 0. The molecule has 3 N–H and O–H groups in total. The molecule has 9 nitrogen and oxygen atoms in total. The minimum absolute atomic E-state index is 0.198. The molecular weight excluding hydrogens is 484 g/mol. The van der Waals surface area contributed by atoms with Crippen LogP contribution in [0.4, 0.5) is 5.69 Å². The fourth-order valence-corrected chi connectivity index (χ4v) is 3.34. The van der Waals surface area contributed by atoms with E-state index in [0.29, 0.717) is 29.4 Å². The minimum Gasteiger partial charge on any atom is -0.490 e. The first kappa shape index (κ1) is 27.9. The Morgan fingerprint density at radius 1 is 0.842 bits per heavy atom. The van der Waals surface area contributed by atoms with Crippen molar-refractivity contribution in [1.29, 1.82) is 0 Å². The van der Waals surface area contributed by atoms with E-state index in [0.717, 1.165) is 17.5 Å². The van der Waals surface area contributed by atoms with Crippen LogP contribution in [0.1, 0.15) is 36.1 Å². The Morgan fingerprint density at radius 3 is 2.24 bits per heavy atom. The predicted molar refractivity (Wildman–Crippen MR) is 146 cm³/mol. The second-order valence-corrected chi connectivity index (χ2v) is 8.39. The van der Waals surface area contributed by atoms with Crippen LogP contribution in [0.15, 0.2) is 71.8 Å². The van der Waals surface area contributed by atoms with Crippen LogP contribution in [-0.4, -0.2) is 37.1 Å². The molecular formula is C29H32N4O5. The maximum absolute atomic E-state index is 12.3. The van der Waals surface area contributed by atoms with Gasteiger partial charge in [0.15, 0.2) is 18.1 Å². The van der Waals surface area contributed by atoms with E-state index in [1.165, 1.54) is 11.8 Å². The monoisotopic (exact) mass is 516 g/mol. The molecule has 3 amide bonds. The molecule has 0 aliphatic heterocycles. The minimum atomic E-state index is -0.881. The summed E-state index contributed by atoms with van der Waals surface area (Å²) >= 11 is 0. The smallest absolute Gasteiger partial charge is 0.329 e. The lowest BCUT2D eigenvalue weighted by molar-refractivity contribution is -0.139. The van der Waals surface area contributed by atoms with Crippen molar-refractivity contribution in [1.82, 2.24) is 10.7 Å². The van der Waals surface area contributed by atoms with Crippen LogP contribution in [-0.2, 0) is 27.3 Å². The van der Waals surface area contributed by atoms with E-state index in [4.69, 9.17) is 9.47 Å². The van der Waals surface area contributed by atoms with Gasteiger partial charge < -0.3 is 20.1 Å². The molecule has 0 spiro atoms. The highest BCUT2D eigenvalue weighted by Gasteiger charge is 2.13. The van der Waals surface area contributed by atoms with Crippen LogP contribution in [0.25, 0.3) is 0 Å². The van der Waals surface area contributed by atoms with Gasteiger partial charge in [-0.3, -0.25) is 14.4 Å². The van der Waals surface area contributed by atoms with Gasteiger partial charge in [0.1, 0.15) is 0 Å². The highest BCUT2D eigenvalue weighted by atomic mass is 16.5. The molecule has 3 aromatic carbocycles. The van der Waals surface area contributed by atoms with Crippen LogP contribution in [0.5, 0.6) is 11.5 Å². The normalized spacial score (nSPS) is 10.6. The van der Waals surface area contributed by atoms with Crippen molar-refractivity contribution < 1.29 is 23.9 Å². The topological polar surface area (TPSA) is 118 Å². The zero-order valence-corrected chi connectivity index (χ0v) is 21.7. The molecule has 0 fully saturated rings. The zero-order chi connectivity index (χ0) is 27.3. The summed E-state index contributed by atoms with van der Waals surface area (Å²) in [6.45, 7) is 6.28. The molecule has 0 bridgehead atoms. The van der Waals surface area contributed by atoms with E-state index in [1.54, 1.807) is 18.2 Å². The van der Waals surface area contributed by atoms with Gasteiger partial charge in [0, 0.05) is 12.2 Å². The third-order valence-corrected chi connectivity index (χ3v) is 5.43. The van der Waals surface area contributed by atoms with Gasteiger partial charge in [0.05, 0.1) is 12.8 Å². The molecule has 0 heterocycles. The van der Waals surface area contributed by atoms with E-state index >= 15 is 0 Å². The Morgan fingerprint density at radius 2 is 1.55 bits per heavy atom. The van der Waals surface area contributed by atoms with Gasteiger partial charge >= 0.3 is 11.8 Å².